The first-order valence-corrected chi connectivity index (χ1v) is 7.69. The second-order valence-electron chi connectivity index (χ2n) is 5.05. The van der Waals surface area contributed by atoms with Gasteiger partial charge in [-0.1, -0.05) is 29.3 Å². The van der Waals surface area contributed by atoms with Crippen molar-refractivity contribution in [2.24, 2.45) is 0 Å². The Labute approximate surface area is 145 Å². The molecule has 2 aromatic carbocycles. The largest absolute Gasteiger partial charge is 0.422 e. The molecule has 0 aliphatic carbocycles. The van der Waals surface area contributed by atoms with E-state index in [4.69, 9.17) is 32.0 Å². The van der Waals surface area contributed by atoms with Gasteiger partial charge in [0.15, 0.2) is 0 Å². The SMILES string of the molecule is O=c1oc2ccc(Cl)cc2cc1-c1nnc(-c2cccc(Cl)c2)o1. The Hall–Kier alpha value is -2.63. The minimum atomic E-state index is -0.564. The zero-order valence-corrected chi connectivity index (χ0v) is 13.5. The molecule has 0 unspecified atom stereocenters. The molecule has 5 nitrogen and oxygen atoms in total. The Kier molecular flexibility index (Phi) is 3.59. The Bertz CT molecular complexity index is 1120. The molecule has 0 atom stereocenters. The summed E-state index contributed by atoms with van der Waals surface area (Å²) in [6.45, 7) is 0. The van der Waals surface area contributed by atoms with Gasteiger partial charge in [0.05, 0.1) is 0 Å². The molecule has 2 aromatic heterocycles. The van der Waals surface area contributed by atoms with E-state index in [1.807, 2.05) is 0 Å². The minimum absolute atomic E-state index is 0.0700. The number of rotatable bonds is 2. The molecule has 0 radical (unpaired) electrons. The molecule has 4 aromatic rings. The van der Waals surface area contributed by atoms with Crippen LogP contribution in [0.1, 0.15) is 0 Å². The monoisotopic (exact) mass is 358 g/mol. The molecular formula is C17H8Cl2N2O3. The first-order chi connectivity index (χ1) is 11.6. The average Bonchev–Trinajstić information content (AvgIpc) is 3.04. The molecule has 0 aliphatic rings. The van der Waals surface area contributed by atoms with Crippen molar-refractivity contribution in [1.82, 2.24) is 10.2 Å². The van der Waals surface area contributed by atoms with Crippen LogP contribution in [0.15, 0.2) is 62.2 Å². The Morgan fingerprint density at radius 3 is 2.46 bits per heavy atom. The third kappa shape index (κ3) is 2.68. The highest BCUT2D eigenvalue weighted by Gasteiger charge is 2.16. The molecule has 0 aliphatic heterocycles. The van der Waals surface area contributed by atoms with Crippen molar-refractivity contribution in [2.45, 2.75) is 0 Å². The van der Waals surface area contributed by atoms with Crippen molar-refractivity contribution in [3.8, 4) is 22.9 Å². The normalized spacial score (nSPS) is 11.1. The van der Waals surface area contributed by atoms with Crippen LogP contribution in [0, 0.1) is 0 Å². The minimum Gasteiger partial charge on any atom is -0.422 e. The molecule has 0 fully saturated rings. The lowest BCUT2D eigenvalue weighted by molar-refractivity contribution is 0.547. The van der Waals surface area contributed by atoms with Crippen LogP contribution >= 0.6 is 23.2 Å². The summed E-state index contributed by atoms with van der Waals surface area (Å²) in [7, 11) is 0. The maximum Gasteiger partial charge on any atom is 0.349 e. The number of halogens is 2. The van der Waals surface area contributed by atoms with E-state index in [1.165, 1.54) is 0 Å². The van der Waals surface area contributed by atoms with Gasteiger partial charge >= 0.3 is 5.63 Å². The fourth-order valence-corrected chi connectivity index (χ4v) is 2.68. The number of nitrogens with zero attached hydrogens (tertiary/aromatic N) is 2. The van der Waals surface area contributed by atoms with Gasteiger partial charge in [-0.05, 0) is 42.5 Å². The molecule has 7 heteroatoms. The van der Waals surface area contributed by atoms with Gasteiger partial charge in [0.25, 0.3) is 5.89 Å². The van der Waals surface area contributed by atoms with Gasteiger partial charge in [-0.25, -0.2) is 4.79 Å². The molecule has 2 heterocycles. The van der Waals surface area contributed by atoms with Crippen LogP contribution in [0.5, 0.6) is 0 Å². The fraction of sp³-hybridized carbons (Fsp3) is 0. The Morgan fingerprint density at radius 2 is 1.62 bits per heavy atom. The van der Waals surface area contributed by atoms with E-state index in [0.717, 1.165) is 0 Å². The lowest BCUT2D eigenvalue weighted by atomic mass is 10.2. The molecule has 4 rings (SSSR count). The van der Waals surface area contributed by atoms with Gasteiger partial charge in [-0.15, -0.1) is 10.2 Å². The average molecular weight is 359 g/mol. The van der Waals surface area contributed by atoms with E-state index in [1.54, 1.807) is 48.5 Å². The van der Waals surface area contributed by atoms with Crippen LogP contribution in [0.2, 0.25) is 10.0 Å². The highest BCUT2D eigenvalue weighted by Crippen LogP contribution is 2.26. The lowest BCUT2D eigenvalue weighted by Gasteiger charge is -1.99. The third-order valence-electron chi connectivity index (χ3n) is 3.42. The molecule has 0 amide bonds. The molecule has 0 saturated carbocycles. The Morgan fingerprint density at radius 1 is 0.833 bits per heavy atom. The molecule has 0 bridgehead atoms. The first kappa shape index (κ1) is 14.9. The molecule has 0 saturated heterocycles. The summed E-state index contributed by atoms with van der Waals surface area (Å²) >= 11 is 11.9. The number of hydrogen-bond acceptors (Lipinski definition) is 5. The summed E-state index contributed by atoms with van der Waals surface area (Å²) in [6, 6.07) is 13.6. The van der Waals surface area contributed by atoms with Crippen molar-refractivity contribution in [1.29, 1.82) is 0 Å². The molecular weight excluding hydrogens is 351 g/mol. The standard InChI is InChI=1S/C17H8Cl2N2O3/c18-11-3-1-2-9(6-11)15-20-21-16(24-15)13-8-10-7-12(19)4-5-14(10)23-17(13)22/h1-8H. The van der Waals surface area contributed by atoms with E-state index in [0.29, 0.717) is 26.6 Å². The Balaban J connectivity index is 1.83. The second kappa shape index (κ2) is 5.78. The number of hydrogen-bond donors (Lipinski definition) is 0. The quantitative estimate of drug-likeness (QED) is 0.480. The van der Waals surface area contributed by atoms with Crippen LogP contribution in [-0.4, -0.2) is 10.2 Å². The van der Waals surface area contributed by atoms with Crippen molar-refractivity contribution in [2.75, 3.05) is 0 Å². The smallest absolute Gasteiger partial charge is 0.349 e. The van der Waals surface area contributed by atoms with Crippen LogP contribution in [0.25, 0.3) is 33.9 Å². The van der Waals surface area contributed by atoms with E-state index in [9.17, 15) is 4.79 Å². The summed E-state index contributed by atoms with van der Waals surface area (Å²) in [4.78, 5) is 12.2. The van der Waals surface area contributed by atoms with Gasteiger partial charge in [0.2, 0.25) is 5.89 Å². The fourth-order valence-electron chi connectivity index (χ4n) is 2.31. The van der Waals surface area contributed by atoms with Crippen molar-refractivity contribution < 1.29 is 8.83 Å². The highest BCUT2D eigenvalue weighted by atomic mass is 35.5. The van der Waals surface area contributed by atoms with Crippen LogP contribution in [0.3, 0.4) is 0 Å². The summed E-state index contributed by atoms with van der Waals surface area (Å²) in [6.07, 6.45) is 0. The first-order valence-electron chi connectivity index (χ1n) is 6.93. The highest BCUT2D eigenvalue weighted by molar-refractivity contribution is 6.31. The van der Waals surface area contributed by atoms with E-state index in [-0.39, 0.29) is 17.3 Å². The number of aromatic nitrogens is 2. The summed E-state index contributed by atoms with van der Waals surface area (Å²) in [5.41, 5.74) is 0.703. The van der Waals surface area contributed by atoms with Crippen molar-refractivity contribution in [3.63, 3.8) is 0 Å². The van der Waals surface area contributed by atoms with Gasteiger partial charge in [0.1, 0.15) is 11.1 Å². The predicted octanol–water partition coefficient (Wildman–Crippen LogP) is 4.82. The zero-order chi connectivity index (χ0) is 16.7. The molecule has 0 spiro atoms. The van der Waals surface area contributed by atoms with Crippen molar-refractivity contribution >= 4 is 34.2 Å². The summed E-state index contributed by atoms with van der Waals surface area (Å²) in [5, 5.41) is 9.64. The van der Waals surface area contributed by atoms with Crippen molar-refractivity contribution in [3.05, 3.63) is 69.0 Å². The summed E-state index contributed by atoms with van der Waals surface area (Å²) < 4.78 is 10.9. The second-order valence-corrected chi connectivity index (χ2v) is 5.93. The van der Waals surface area contributed by atoms with E-state index >= 15 is 0 Å². The third-order valence-corrected chi connectivity index (χ3v) is 3.89. The maximum atomic E-state index is 12.2. The van der Waals surface area contributed by atoms with Gasteiger partial charge in [-0.3, -0.25) is 0 Å². The molecule has 24 heavy (non-hydrogen) atoms. The molecule has 118 valence electrons. The van der Waals surface area contributed by atoms with Crippen LogP contribution in [-0.2, 0) is 0 Å². The van der Waals surface area contributed by atoms with Gasteiger partial charge in [-0.2, -0.15) is 0 Å². The predicted molar refractivity (Wildman–Crippen MR) is 91.2 cm³/mol. The van der Waals surface area contributed by atoms with Crippen LogP contribution in [0.4, 0.5) is 0 Å². The van der Waals surface area contributed by atoms with Gasteiger partial charge in [0, 0.05) is 21.0 Å². The van der Waals surface area contributed by atoms with Gasteiger partial charge < -0.3 is 8.83 Å². The van der Waals surface area contributed by atoms with Crippen LogP contribution < -0.4 is 5.63 Å². The zero-order valence-electron chi connectivity index (χ0n) is 12.0. The van der Waals surface area contributed by atoms with E-state index < -0.39 is 5.63 Å². The number of benzene rings is 2. The maximum absolute atomic E-state index is 12.2. The topological polar surface area (TPSA) is 69.1 Å². The summed E-state index contributed by atoms with van der Waals surface area (Å²) in [5.74, 6) is 0.332. The lowest BCUT2D eigenvalue weighted by Crippen LogP contribution is -2.02. The number of fused-ring (bicyclic) bond motifs is 1. The van der Waals surface area contributed by atoms with E-state index in [2.05, 4.69) is 10.2 Å². The molecule has 0 N–H and O–H groups in total.